The standard InChI is InChI=1S/C15H17N6.2BrH/c1-11-17-8-13(14(16)18-11)9-21-10-20(2)15(19-21)12-6-4-3-5-7-12;;/h3-8,10H,9H2,1-2H3,(H2,16,17,18);2*1H/q+1;;/p-1. The molecule has 0 aliphatic carbocycles. The molecule has 0 aliphatic heterocycles. The predicted octanol–water partition coefficient (Wildman–Crippen LogP) is -1.31. The van der Waals surface area contributed by atoms with E-state index in [1.165, 1.54) is 0 Å². The van der Waals surface area contributed by atoms with Crippen LogP contribution in [-0.4, -0.2) is 19.7 Å². The van der Waals surface area contributed by atoms with Crippen LogP contribution in [0.3, 0.4) is 0 Å². The van der Waals surface area contributed by atoms with E-state index in [1.807, 2.05) is 59.9 Å². The van der Waals surface area contributed by atoms with Gasteiger partial charge in [-0.25, -0.2) is 14.5 Å². The highest BCUT2D eigenvalue weighted by Gasteiger charge is 2.17. The van der Waals surface area contributed by atoms with Crippen molar-refractivity contribution >= 4 is 22.8 Å². The molecule has 0 saturated carbocycles. The third-order valence-corrected chi connectivity index (χ3v) is 3.25. The maximum absolute atomic E-state index is 5.93. The van der Waals surface area contributed by atoms with Crippen LogP contribution in [0.1, 0.15) is 11.4 Å². The van der Waals surface area contributed by atoms with Gasteiger partial charge in [-0.2, -0.15) is 0 Å². The number of halogens is 2. The minimum atomic E-state index is 0. The molecule has 0 fully saturated rings. The molecule has 0 aliphatic rings. The van der Waals surface area contributed by atoms with E-state index >= 15 is 0 Å². The molecule has 3 aromatic rings. The molecule has 0 atom stereocenters. The van der Waals surface area contributed by atoms with Crippen molar-refractivity contribution in [2.24, 2.45) is 7.05 Å². The Hall–Kier alpha value is -1.80. The maximum Gasteiger partial charge on any atom is 0.308 e. The fourth-order valence-electron chi connectivity index (χ4n) is 2.21. The van der Waals surface area contributed by atoms with E-state index in [9.17, 15) is 0 Å². The molecule has 3 rings (SSSR count). The van der Waals surface area contributed by atoms with E-state index in [0.29, 0.717) is 18.2 Å². The molecule has 2 N–H and O–H groups in total. The molecular weight excluding hydrogens is 424 g/mol. The molecule has 6 nitrogen and oxygen atoms in total. The number of hydrogen-bond donors (Lipinski definition) is 1. The van der Waals surface area contributed by atoms with Crippen LogP contribution in [0.5, 0.6) is 0 Å². The molecule has 0 radical (unpaired) electrons. The van der Waals surface area contributed by atoms with Gasteiger partial charge in [-0.15, -0.1) is 21.7 Å². The Labute approximate surface area is 155 Å². The van der Waals surface area contributed by atoms with Crippen LogP contribution < -0.4 is 27.3 Å². The lowest BCUT2D eigenvalue weighted by atomic mass is 10.2. The van der Waals surface area contributed by atoms with Crippen LogP contribution in [0.25, 0.3) is 11.4 Å². The van der Waals surface area contributed by atoms with Crippen LogP contribution in [0.4, 0.5) is 5.82 Å². The number of aryl methyl sites for hydroxylation is 2. The summed E-state index contributed by atoms with van der Waals surface area (Å²) in [4.78, 5) is 8.36. The lowest BCUT2D eigenvalue weighted by Crippen LogP contribution is -3.00. The summed E-state index contributed by atoms with van der Waals surface area (Å²) < 4.78 is 3.83. The fraction of sp³-hybridized carbons (Fsp3) is 0.200. The van der Waals surface area contributed by atoms with E-state index in [0.717, 1.165) is 17.0 Å². The molecule has 8 heteroatoms. The zero-order chi connectivity index (χ0) is 14.8. The highest BCUT2D eigenvalue weighted by Crippen LogP contribution is 2.13. The maximum atomic E-state index is 5.93. The number of anilines is 1. The fourth-order valence-corrected chi connectivity index (χ4v) is 2.21. The van der Waals surface area contributed by atoms with Crippen LogP contribution in [0.2, 0.25) is 0 Å². The first-order valence-electron chi connectivity index (χ1n) is 6.70. The minimum absolute atomic E-state index is 0. The van der Waals surface area contributed by atoms with Gasteiger partial charge in [0, 0.05) is 11.3 Å². The summed E-state index contributed by atoms with van der Waals surface area (Å²) in [6.07, 6.45) is 3.68. The zero-order valence-corrected chi connectivity index (χ0v) is 16.1. The molecule has 0 amide bonds. The van der Waals surface area contributed by atoms with Crippen molar-refractivity contribution < 1.29 is 21.5 Å². The summed E-state index contributed by atoms with van der Waals surface area (Å²) in [6, 6.07) is 10.1. The zero-order valence-electron chi connectivity index (χ0n) is 12.8. The summed E-state index contributed by atoms with van der Waals surface area (Å²) in [5.41, 5.74) is 7.87. The first-order valence-corrected chi connectivity index (χ1v) is 6.70. The van der Waals surface area contributed by atoms with Gasteiger partial charge in [0.2, 0.25) is 6.33 Å². The van der Waals surface area contributed by atoms with Gasteiger partial charge in [0.25, 0.3) is 0 Å². The van der Waals surface area contributed by atoms with Crippen molar-refractivity contribution in [2.45, 2.75) is 13.5 Å². The van der Waals surface area contributed by atoms with Crippen LogP contribution in [0, 0.1) is 6.92 Å². The van der Waals surface area contributed by atoms with Gasteiger partial charge >= 0.3 is 5.82 Å². The van der Waals surface area contributed by atoms with Gasteiger partial charge in [-0.05, 0) is 19.1 Å². The smallest absolute Gasteiger partial charge is 0.308 e. The van der Waals surface area contributed by atoms with Gasteiger partial charge < -0.3 is 22.7 Å². The number of benzene rings is 1. The number of nitrogens with zero attached hydrogens (tertiary/aromatic N) is 5. The minimum Gasteiger partial charge on any atom is -1.00 e. The van der Waals surface area contributed by atoms with Crippen molar-refractivity contribution in [3.8, 4) is 11.4 Å². The van der Waals surface area contributed by atoms with Gasteiger partial charge in [0.05, 0.1) is 18.2 Å². The Balaban J connectivity index is 0.00000132. The monoisotopic (exact) mass is 440 g/mol. The Morgan fingerprint density at radius 1 is 1.22 bits per heavy atom. The Morgan fingerprint density at radius 2 is 1.91 bits per heavy atom. The average Bonchev–Trinajstić information content (AvgIpc) is 2.84. The molecule has 0 bridgehead atoms. The largest absolute Gasteiger partial charge is 1.00 e. The highest BCUT2D eigenvalue weighted by molar-refractivity contribution is 8.93. The van der Waals surface area contributed by atoms with E-state index < -0.39 is 0 Å². The van der Waals surface area contributed by atoms with Gasteiger partial charge in [-0.1, -0.05) is 18.2 Å². The second kappa shape index (κ2) is 8.16. The first kappa shape index (κ1) is 19.2. The number of hydrogen-bond acceptors (Lipinski definition) is 4. The second-order valence-corrected chi connectivity index (χ2v) is 4.94. The third-order valence-electron chi connectivity index (χ3n) is 3.25. The molecule has 23 heavy (non-hydrogen) atoms. The van der Waals surface area contributed by atoms with Crippen molar-refractivity contribution in [2.75, 3.05) is 5.73 Å². The van der Waals surface area contributed by atoms with Crippen LogP contribution in [0.15, 0.2) is 42.9 Å². The summed E-state index contributed by atoms with van der Waals surface area (Å²) in [6.45, 7) is 2.37. The van der Waals surface area contributed by atoms with E-state index in [4.69, 9.17) is 5.73 Å². The predicted molar refractivity (Wildman–Crippen MR) is 89.4 cm³/mol. The molecule has 1 aromatic carbocycles. The number of aromatic nitrogens is 5. The van der Waals surface area contributed by atoms with E-state index in [1.54, 1.807) is 6.20 Å². The summed E-state index contributed by atoms with van der Waals surface area (Å²) in [7, 11) is 1.97. The molecule has 0 unspecified atom stereocenters. The Morgan fingerprint density at radius 3 is 2.57 bits per heavy atom. The molecular formula is C15H18Br2N6. The van der Waals surface area contributed by atoms with Crippen molar-refractivity contribution in [3.05, 3.63) is 54.2 Å². The Bertz CT molecular complexity index is 773. The number of rotatable bonds is 3. The quantitative estimate of drug-likeness (QED) is 0.512. The lowest BCUT2D eigenvalue weighted by molar-refractivity contribution is -0.661. The van der Waals surface area contributed by atoms with Gasteiger partial charge in [0.1, 0.15) is 18.2 Å². The summed E-state index contributed by atoms with van der Waals surface area (Å²) in [5.74, 6) is 2.08. The number of nitrogen functional groups attached to an aromatic ring is 1. The summed E-state index contributed by atoms with van der Waals surface area (Å²) >= 11 is 0. The average molecular weight is 442 g/mol. The third kappa shape index (κ3) is 4.35. The van der Waals surface area contributed by atoms with Crippen molar-refractivity contribution in [3.63, 3.8) is 0 Å². The highest BCUT2D eigenvalue weighted by atomic mass is 79.9. The summed E-state index contributed by atoms with van der Waals surface area (Å²) in [5, 5.41) is 4.61. The molecule has 2 heterocycles. The van der Waals surface area contributed by atoms with Gasteiger partial charge in [-0.3, -0.25) is 0 Å². The van der Waals surface area contributed by atoms with Crippen molar-refractivity contribution in [1.82, 2.24) is 19.7 Å². The van der Waals surface area contributed by atoms with E-state index in [-0.39, 0.29) is 34.0 Å². The molecule has 0 spiro atoms. The second-order valence-electron chi connectivity index (χ2n) is 4.94. The normalized spacial score (nSPS) is 9.83. The number of nitrogens with two attached hydrogens (primary N) is 1. The molecule has 2 aromatic heterocycles. The lowest BCUT2D eigenvalue weighted by Gasteiger charge is -2.00. The van der Waals surface area contributed by atoms with Crippen molar-refractivity contribution in [1.29, 1.82) is 0 Å². The Kier molecular flexibility index (Phi) is 6.83. The topological polar surface area (TPSA) is 73.5 Å². The van der Waals surface area contributed by atoms with E-state index in [2.05, 4.69) is 15.1 Å². The first-order chi connectivity index (χ1) is 10.1. The van der Waals surface area contributed by atoms with Gasteiger partial charge in [0.15, 0.2) is 0 Å². The molecule has 122 valence electrons. The van der Waals surface area contributed by atoms with Crippen LogP contribution >= 0.6 is 17.0 Å². The molecule has 0 saturated heterocycles. The SMILES string of the molecule is Br.Cc1ncc(Cn2c[n+](C)c(-c3ccccc3)n2)c(N)n1.[Br-]. The van der Waals surface area contributed by atoms with Crippen LogP contribution in [-0.2, 0) is 13.6 Å².